The maximum Gasteiger partial charge on any atom is 0.134 e. The maximum atomic E-state index is 4.75. The summed E-state index contributed by atoms with van der Waals surface area (Å²) in [6, 6.07) is 5.67. The topological polar surface area (TPSA) is 51.8 Å². The van der Waals surface area contributed by atoms with Crippen LogP contribution in [-0.4, -0.2) is 15.4 Å². The highest BCUT2D eigenvalue weighted by atomic mass is 32.1. The zero-order valence-corrected chi connectivity index (χ0v) is 7.86. The summed E-state index contributed by atoms with van der Waals surface area (Å²) >= 11 is 1.64. The molecule has 0 aliphatic heterocycles. The molecule has 0 bridgehead atoms. The Morgan fingerprint density at radius 3 is 3.00 bits per heavy atom. The van der Waals surface area contributed by atoms with Gasteiger partial charge in [0.2, 0.25) is 0 Å². The minimum Gasteiger partial charge on any atom is -0.364 e. The van der Waals surface area contributed by atoms with Crippen LogP contribution in [0.25, 0.3) is 21.6 Å². The zero-order chi connectivity index (χ0) is 9.38. The first-order chi connectivity index (χ1) is 6.93. The minimum atomic E-state index is 0.716. The van der Waals surface area contributed by atoms with E-state index in [2.05, 4.69) is 15.4 Å². The van der Waals surface area contributed by atoms with Gasteiger partial charge in [0.05, 0.1) is 4.70 Å². The second-order valence-corrected chi connectivity index (χ2v) is 3.73. The van der Waals surface area contributed by atoms with Gasteiger partial charge in [0.15, 0.2) is 0 Å². The van der Waals surface area contributed by atoms with Crippen LogP contribution in [0.3, 0.4) is 0 Å². The Hall–Kier alpha value is -1.75. The van der Waals surface area contributed by atoms with Crippen molar-refractivity contribution in [1.82, 2.24) is 15.4 Å². The number of thiophene rings is 1. The molecule has 0 spiro atoms. The third-order valence-electron chi connectivity index (χ3n) is 1.91. The first kappa shape index (κ1) is 7.64. The summed E-state index contributed by atoms with van der Waals surface area (Å²) in [6.07, 6.45) is 1.52. The Kier molecular flexibility index (Phi) is 1.57. The molecule has 0 fully saturated rings. The lowest BCUT2D eigenvalue weighted by Crippen LogP contribution is -1.86. The number of nitrogens with zero attached hydrogens (tertiary/aromatic N) is 3. The van der Waals surface area contributed by atoms with Crippen molar-refractivity contribution in [3.8, 4) is 11.4 Å². The predicted molar refractivity (Wildman–Crippen MR) is 52.9 cm³/mol. The largest absolute Gasteiger partial charge is 0.364 e. The summed E-state index contributed by atoms with van der Waals surface area (Å²) < 4.78 is 5.86. The Morgan fingerprint density at radius 2 is 2.14 bits per heavy atom. The molecule has 3 aromatic heterocycles. The van der Waals surface area contributed by atoms with Crippen LogP contribution < -0.4 is 0 Å². The van der Waals surface area contributed by atoms with E-state index in [4.69, 9.17) is 4.52 Å². The molecule has 0 radical (unpaired) electrons. The molecule has 0 atom stereocenters. The monoisotopic (exact) mass is 203 g/mol. The molecule has 0 amide bonds. The van der Waals surface area contributed by atoms with Gasteiger partial charge in [-0.3, -0.25) is 0 Å². The van der Waals surface area contributed by atoms with E-state index < -0.39 is 0 Å². The minimum absolute atomic E-state index is 0.716. The fourth-order valence-corrected chi connectivity index (χ4v) is 1.99. The summed E-state index contributed by atoms with van der Waals surface area (Å²) in [5.74, 6) is 0. The van der Waals surface area contributed by atoms with Crippen molar-refractivity contribution in [2.75, 3.05) is 0 Å². The quantitative estimate of drug-likeness (QED) is 0.609. The molecule has 14 heavy (non-hydrogen) atoms. The van der Waals surface area contributed by atoms with Gasteiger partial charge in [0.25, 0.3) is 0 Å². The Morgan fingerprint density at radius 1 is 1.14 bits per heavy atom. The average molecular weight is 203 g/mol. The highest BCUT2D eigenvalue weighted by Gasteiger charge is 2.05. The number of rotatable bonds is 1. The van der Waals surface area contributed by atoms with Crippen LogP contribution >= 0.6 is 11.3 Å². The molecule has 0 aromatic carbocycles. The maximum absolute atomic E-state index is 4.75. The van der Waals surface area contributed by atoms with Gasteiger partial charge in [-0.05, 0) is 17.5 Å². The molecule has 0 aliphatic rings. The lowest BCUT2D eigenvalue weighted by Gasteiger charge is -1.92. The summed E-state index contributed by atoms with van der Waals surface area (Å²) in [7, 11) is 0. The normalized spacial score (nSPS) is 10.9. The number of fused-ring (bicyclic) bond motifs is 1. The third-order valence-corrected chi connectivity index (χ3v) is 2.76. The van der Waals surface area contributed by atoms with Crippen LogP contribution in [0.15, 0.2) is 34.4 Å². The highest BCUT2D eigenvalue weighted by Crippen LogP contribution is 2.22. The highest BCUT2D eigenvalue weighted by molar-refractivity contribution is 7.17. The molecule has 0 saturated carbocycles. The first-order valence-corrected chi connectivity index (χ1v) is 4.93. The van der Waals surface area contributed by atoms with E-state index in [9.17, 15) is 0 Å². The van der Waals surface area contributed by atoms with Crippen LogP contribution in [0, 0.1) is 0 Å². The van der Waals surface area contributed by atoms with E-state index in [0.29, 0.717) is 5.69 Å². The standard InChI is InChI=1S/C9H5N3OS/c1-3-13-12-6(1)8-5-9-7(10-11-8)2-4-14-9/h1-5H. The zero-order valence-electron chi connectivity index (χ0n) is 7.04. The van der Waals surface area contributed by atoms with Crippen molar-refractivity contribution in [3.63, 3.8) is 0 Å². The first-order valence-electron chi connectivity index (χ1n) is 4.05. The Balaban J connectivity index is 2.23. The van der Waals surface area contributed by atoms with Crippen LogP contribution in [0.4, 0.5) is 0 Å². The average Bonchev–Trinajstić information content (AvgIpc) is 2.88. The number of aromatic nitrogens is 3. The fraction of sp³-hybridized carbons (Fsp3) is 0. The van der Waals surface area contributed by atoms with Crippen LogP contribution in [0.5, 0.6) is 0 Å². The van der Waals surface area contributed by atoms with Gasteiger partial charge in [-0.1, -0.05) is 5.16 Å². The molecule has 0 aliphatic carbocycles. The molecule has 0 unspecified atom stereocenters. The lowest BCUT2D eigenvalue weighted by molar-refractivity contribution is 0.422. The second kappa shape index (κ2) is 2.88. The molecule has 4 nitrogen and oxygen atoms in total. The number of hydrogen-bond donors (Lipinski definition) is 0. The number of hydrogen-bond acceptors (Lipinski definition) is 5. The van der Waals surface area contributed by atoms with Crippen molar-refractivity contribution >= 4 is 21.6 Å². The molecular formula is C9H5N3OS. The van der Waals surface area contributed by atoms with Crippen molar-refractivity contribution < 1.29 is 4.52 Å². The van der Waals surface area contributed by atoms with Crippen LogP contribution in [-0.2, 0) is 0 Å². The van der Waals surface area contributed by atoms with Crippen molar-refractivity contribution in [2.45, 2.75) is 0 Å². The third kappa shape index (κ3) is 1.10. The Labute approximate surface area is 83.2 Å². The fourth-order valence-electron chi connectivity index (χ4n) is 1.24. The van der Waals surface area contributed by atoms with E-state index in [1.54, 1.807) is 17.4 Å². The van der Waals surface area contributed by atoms with Gasteiger partial charge < -0.3 is 4.52 Å². The summed E-state index contributed by atoms with van der Waals surface area (Å²) in [5, 5.41) is 13.9. The van der Waals surface area contributed by atoms with Crippen LogP contribution in [0.2, 0.25) is 0 Å². The van der Waals surface area contributed by atoms with Crippen molar-refractivity contribution in [3.05, 3.63) is 29.8 Å². The molecule has 5 heteroatoms. The molecule has 0 saturated heterocycles. The lowest BCUT2D eigenvalue weighted by atomic mass is 10.3. The molecular weight excluding hydrogens is 198 g/mol. The van der Waals surface area contributed by atoms with E-state index in [1.807, 2.05) is 17.5 Å². The molecule has 0 N–H and O–H groups in total. The molecule has 68 valence electrons. The van der Waals surface area contributed by atoms with E-state index in [-0.39, 0.29) is 0 Å². The SMILES string of the molecule is c1cc(-c2cc3sccc3nn2)no1. The smallest absolute Gasteiger partial charge is 0.134 e. The summed E-state index contributed by atoms with van der Waals surface area (Å²) in [4.78, 5) is 0. The molecule has 3 aromatic rings. The van der Waals surface area contributed by atoms with E-state index >= 15 is 0 Å². The van der Waals surface area contributed by atoms with Gasteiger partial charge >= 0.3 is 0 Å². The van der Waals surface area contributed by atoms with Crippen molar-refractivity contribution in [1.29, 1.82) is 0 Å². The van der Waals surface area contributed by atoms with E-state index in [0.717, 1.165) is 15.9 Å². The summed E-state index contributed by atoms with van der Waals surface area (Å²) in [5.41, 5.74) is 2.38. The van der Waals surface area contributed by atoms with Gasteiger partial charge in [0, 0.05) is 6.07 Å². The van der Waals surface area contributed by atoms with Crippen molar-refractivity contribution in [2.24, 2.45) is 0 Å². The van der Waals surface area contributed by atoms with E-state index in [1.165, 1.54) is 6.26 Å². The van der Waals surface area contributed by atoms with Crippen LogP contribution in [0.1, 0.15) is 0 Å². The second-order valence-electron chi connectivity index (χ2n) is 2.78. The van der Waals surface area contributed by atoms with Gasteiger partial charge in [-0.2, -0.15) is 0 Å². The van der Waals surface area contributed by atoms with Gasteiger partial charge in [-0.25, -0.2) is 0 Å². The predicted octanol–water partition coefficient (Wildman–Crippen LogP) is 2.35. The van der Waals surface area contributed by atoms with Gasteiger partial charge in [-0.15, -0.1) is 21.5 Å². The van der Waals surface area contributed by atoms with Gasteiger partial charge in [0.1, 0.15) is 23.2 Å². The summed E-state index contributed by atoms with van der Waals surface area (Å²) in [6.45, 7) is 0. The Bertz CT molecular complexity index is 558. The molecule has 3 rings (SSSR count). The molecule has 3 heterocycles.